The van der Waals surface area contributed by atoms with Gasteiger partial charge in [-0.3, -0.25) is 4.79 Å². The quantitative estimate of drug-likeness (QED) is 0.851. The Hall–Kier alpha value is -1.88. The van der Waals surface area contributed by atoms with E-state index in [1.165, 1.54) is 4.90 Å². The lowest BCUT2D eigenvalue weighted by Crippen LogP contribution is -2.37. The Morgan fingerprint density at radius 2 is 2.27 bits per heavy atom. The molecule has 1 amide bonds. The van der Waals surface area contributed by atoms with Crippen LogP contribution in [0, 0.1) is 0 Å². The number of rotatable bonds is 5. The van der Waals surface area contributed by atoms with Crippen molar-refractivity contribution in [1.29, 1.82) is 0 Å². The Balaban J connectivity index is 2.08. The summed E-state index contributed by atoms with van der Waals surface area (Å²) in [6, 6.07) is 6.40. The van der Waals surface area contributed by atoms with Crippen LogP contribution in [-0.2, 0) is 0 Å². The van der Waals surface area contributed by atoms with Crippen molar-refractivity contribution < 1.29 is 19.0 Å². The normalized spacial score (nSPS) is 20.8. The number of benzene rings is 1. The van der Waals surface area contributed by atoms with Crippen molar-refractivity contribution in [2.45, 2.75) is 32.5 Å². The number of hydrogen-bond acceptors (Lipinski definition) is 3. The van der Waals surface area contributed by atoms with E-state index < -0.39 is 12.2 Å². The molecular formula is C17H22FNO3. The summed E-state index contributed by atoms with van der Waals surface area (Å²) in [5.41, 5.74) is 1.60. The van der Waals surface area contributed by atoms with Crippen LogP contribution in [0.5, 0.6) is 5.75 Å². The van der Waals surface area contributed by atoms with E-state index in [0.717, 1.165) is 5.57 Å². The largest absolute Gasteiger partial charge is 0.490 e. The number of nitrogens with zero attached hydrogens (tertiary/aromatic N) is 1. The van der Waals surface area contributed by atoms with Crippen LogP contribution in [0.4, 0.5) is 4.39 Å². The van der Waals surface area contributed by atoms with Crippen molar-refractivity contribution in [3.63, 3.8) is 0 Å². The summed E-state index contributed by atoms with van der Waals surface area (Å²) in [5.74, 6) is 0.326. The molecule has 2 rings (SSSR count). The maximum absolute atomic E-state index is 13.5. The first-order valence-corrected chi connectivity index (χ1v) is 7.43. The molecule has 120 valence electrons. The van der Waals surface area contributed by atoms with E-state index in [0.29, 0.717) is 17.9 Å². The van der Waals surface area contributed by atoms with Gasteiger partial charge in [-0.15, -0.1) is 0 Å². The molecule has 0 aromatic heterocycles. The SMILES string of the molecule is CC(C)=CCOc1cccc(C(=O)N2C[C@@H](F)C[C@H]2CO)c1. The predicted molar refractivity (Wildman–Crippen MR) is 82.8 cm³/mol. The molecule has 0 aliphatic carbocycles. The molecule has 1 aliphatic heterocycles. The third-order valence-electron chi connectivity index (χ3n) is 3.66. The molecule has 22 heavy (non-hydrogen) atoms. The number of hydrogen-bond donors (Lipinski definition) is 1. The lowest BCUT2D eigenvalue weighted by atomic mass is 10.1. The maximum Gasteiger partial charge on any atom is 0.254 e. The molecular weight excluding hydrogens is 285 g/mol. The van der Waals surface area contributed by atoms with Gasteiger partial charge in [-0.05, 0) is 38.1 Å². The molecule has 1 aromatic rings. The summed E-state index contributed by atoms with van der Waals surface area (Å²) < 4.78 is 19.0. The van der Waals surface area contributed by atoms with Crippen molar-refractivity contribution in [2.24, 2.45) is 0 Å². The van der Waals surface area contributed by atoms with Gasteiger partial charge in [0.25, 0.3) is 5.91 Å². The number of allylic oxidation sites excluding steroid dienone is 1. The van der Waals surface area contributed by atoms with Crippen LogP contribution in [0.1, 0.15) is 30.6 Å². The third kappa shape index (κ3) is 4.07. The first kappa shape index (κ1) is 16.5. The average Bonchev–Trinajstić information content (AvgIpc) is 2.87. The van der Waals surface area contributed by atoms with Crippen LogP contribution in [0.15, 0.2) is 35.9 Å². The van der Waals surface area contributed by atoms with Crippen molar-refractivity contribution in [3.05, 3.63) is 41.5 Å². The standard InChI is InChI=1S/C17H22FNO3/c1-12(2)6-7-22-16-5-3-4-13(8-16)17(21)19-10-14(18)9-15(19)11-20/h3-6,8,14-15,20H,7,9-11H2,1-2H3/t14-,15-/m0/s1. The molecule has 5 heteroatoms. The number of likely N-dealkylation sites (tertiary alicyclic amines) is 1. The summed E-state index contributed by atoms with van der Waals surface area (Å²) in [7, 11) is 0. The number of halogens is 1. The van der Waals surface area contributed by atoms with Crippen LogP contribution in [0.3, 0.4) is 0 Å². The summed E-state index contributed by atoms with van der Waals surface area (Å²) in [6.07, 6.45) is 1.07. The summed E-state index contributed by atoms with van der Waals surface area (Å²) in [5, 5.41) is 9.28. The number of aliphatic hydroxyl groups excluding tert-OH is 1. The zero-order valence-electron chi connectivity index (χ0n) is 13.0. The fraction of sp³-hybridized carbons (Fsp3) is 0.471. The molecule has 1 N–H and O–H groups in total. The first-order valence-electron chi connectivity index (χ1n) is 7.43. The zero-order valence-corrected chi connectivity index (χ0v) is 13.0. The van der Waals surface area contributed by atoms with Crippen LogP contribution in [-0.4, -0.2) is 47.9 Å². The van der Waals surface area contributed by atoms with Crippen molar-refractivity contribution in [3.8, 4) is 5.75 Å². The van der Waals surface area contributed by atoms with E-state index in [-0.39, 0.29) is 25.5 Å². The number of carbonyl (C=O) groups is 1. The van der Waals surface area contributed by atoms with E-state index in [1.54, 1.807) is 24.3 Å². The molecule has 0 bridgehead atoms. The zero-order chi connectivity index (χ0) is 16.1. The van der Waals surface area contributed by atoms with Gasteiger partial charge in [-0.1, -0.05) is 11.6 Å². The Labute approximate surface area is 130 Å². The van der Waals surface area contributed by atoms with Crippen molar-refractivity contribution >= 4 is 5.91 Å². The summed E-state index contributed by atoms with van der Waals surface area (Å²) in [4.78, 5) is 13.9. The highest BCUT2D eigenvalue weighted by Crippen LogP contribution is 2.23. The Morgan fingerprint density at radius 3 is 2.95 bits per heavy atom. The van der Waals surface area contributed by atoms with Gasteiger partial charge in [0.05, 0.1) is 19.2 Å². The molecule has 4 nitrogen and oxygen atoms in total. The molecule has 0 saturated carbocycles. The molecule has 1 aromatic carbocycles. The molecule has 0 radical (unpaired) electrons. The molecule has 1 heterocycles. The lowest BCUT2D eigenvalue weighted by Gasteiger charge is -2.22. The van der Waals surface area contributed by atoms with Gasteiger partial charge >= 0.3 is 0 Å². The van der Waals surface area contributed by atoms with Gasteiger partial charge in [-0.25, -0.2) is 4.39 Å². The van der Waals surface area contributed by atoms with Gasteiger partial charge in [0.15, 0.2) is 0 Å². The molecule has 1 fully saturated rings. The van der Waals surface area contributed by atoms with E-state index in [2.05, 4.69) is 0 Å². The van der Waals surface area contributed by atoms with Gasteiger partial charge in [0, 0.05) is 12.0 Å². The Bertz CT molecular complexity index is 555. The number of alkyl halides is 1. The second-order valence-corrected chi connectivity index (χ2v) is 5.75. The van der Waals surface area contributed by atoms with Crippen LogP contribution >= 0.6 is 0 Å². The smallest absolute Gasteiger partial charge is 0.254 e. The van der Waals surface area contributed by atoms with Gasteiger partial charge in [-0.2, -0.15) is 0 Å². The van der Waals surface area contributed by atoms with Crippen LogP contribution < -0.4 is 4.74 Å². The monoisotopic (exact) mass is 307 g/mol. The van der Waals surface area contributed by atoms with Crippen LogP contribution in [0.2, 0.25) is 0 Å². The van der Waals surface area contributed by atoms with E-state index in [9.17, 15) is 14.3 Å². The second-order valence-electron chi connectivity index (χ2n) is 5.75. The fourth-order valence-corrected chi connectivity index (χ4v) is 2.47. The molecule has 2 atom stereocenters. The van der Waals surface area contributed by atoms with Gasteiger partial charge in [0.2, 0.25) is 0 Å². The van der Waals surface area contributed by atoms with Crippen molar-refractivity contribution in [1.82, 2.24) is 4.90 Å². The molecule has 0 unspecified atom stereocenters. The molecule has 1 saturated heterocycles. The summed E-state index contributed by atoms with van der Waals surface area (Å²) in [6.45, 7) is 4.23. The number of ether oxygens (including phenoxy) is 1. The number of amides is 1. The minimum atomic E-state index is -1.07. The fourth-order valence-electron chi connectivity index (χ4n) is 2.47. The van der Waals surface area contributed by atoms with Crippen LogP contribution in [0.25, 0.3) is 0 Å². The van der Waals surface area contributed by atoms with E-state index >= 15 is 0 Å². The highest BCUT2D eigenvalue weighted by atomic mass is 19.1. The maximum atomic E-state index is 13.5. The Kier molecular flexibility index (Phi) is 5.55. The van der Waals surface area contributed by atoms with Crippen molar-refractivity contribution in [2.75, 3.05) is 19.8 Å². The number of aliphatic hydroxyl groups is 1. The van der Waals surface area contributed by atoms with E-state index in [1.807, 2.05) is 19.9 Å². The molecule has 0 spiro atoms. The predicted octanol–water partition coefficient (Wildman–Crippen LogP) is 2.58. The average molecular weight is 307 g/mol. The summed E-state index contributed by atoms with van der Waals surface area (Å²) >= 11 is 0. The first-order chi connectivity index (χ1) is 10.5. The van der Waals surface area contributed by atoms with Gasteiger partial charge < -0.3 is 14.7 Å². The lowest BCUT2D eigenvalue weighted by molar-refractivity contribution is 0.0672. The Morgan fingerprint density at radius 1 is 1.50 bits per heavy atom. The highest BCUT2D eigenvalue weighted by Gasteiger charge is 2.35. The highest BCUT2D eigenvalue weighted by molar-refractivity contribution is 5.95. The number of carbonyl (C=O) groups excluding carboxylic acids is 1. The minimum Gasteiger partial charge on any atom is -0.490 e. The third-order valence-corrected chi connectivity index (χ3v) is 3.66. The minimum absolute atomic E-state index is 0.0346. The topological polar surface area (TPSA) is 49.8 Å². The second kappa shape index (κ2) is 7.40. The molecule has 1 aliphatic rings. The van der Waals surface area contributed by atoms with Gasteiger partial charge in [0.1, 0.15) is 18.5 Å². The van der Waals surface area contributed by atoms with E-state index in [4.69, 9.17) is 4.74 Å².